The minimum atomic E-state index is -0.695. The summed E-state index contributed by atoms with van der Waals surface area (Å²) in [5, 5.41) is 3.30. The first-order chi connectivity index (χ1) is 8.72. The van der Waals surface area contributed by atoms with E-state index in [-0.39, 0.29) is 5.70 Å². The van der Waals surface area contributed by atoms with Crippen molar-refractivity contribution >= 4 is 12.0 Å². The number of carbonyl (C=O) groups excluding carboxylic acids is 1. The Labute approximate surface area is 104 Å². The minimum absolute atomic E-state index is 0.118. The fourth-order valence-electron chi connectivity index (χ4n) is 1.32. The van der Waals surface area contributed by atoms with E-state index in [0.717, 1.165) is 0 Å². The summed E-state index contributed by atoms with van der Waals surface area (Å²) in [6, 6.07) is 7.12. The molecule has 0 amide bonds. The minimum Gasteiger partial charge on any atom is -0.493 e. The Bertz CT molecular complexity index is 505. The lowest BCUT2D eigenvalue weighted by Crippen LogP contribution is -2.02. The number of para-hydroxylation sites is 1. The Balaban J connectivity index is 3.18. The third-order valence-corrected chi connectivity index (χ3v) is 2.06. The summed E-state index contributed by atoms with van der Waals surface area (Å²) >= 11 is 0. The molecule has 0 saturated heterocycles. The third kappa shape index (κ3) is 3.54. The van der Waals surface area contributed by atoms with Crippen LogP contribution in [0.15, 0.2) is 35.1 Å². The van der Waals surface area contributed by atoms with Crippen molar-refractivity contribution in [1.29, 1.82) is 0 Å². The summed E-state index contributed by atoms with van der Waals surface area (Å²) in [5.41, 5.74) is 8.94. The van der Waals surface area contributed by atoms with Gasteiger partial charge in [-0.1, -0.05) is 23.3 Å². The molecule has 6 heteroatoms. The number of azide groups is 1. The second kappa shape index (κ2) is 6.98. The predicted octanol–water partition coefficient (Wildman–Crippen LogP) is 2.91. The molecule has 0 bridgehead atoms. The van der Waals surface area contributed by atoms with Crippen LogP contribution in [0.25, 0.3) is 16.5 Å². The smallest absolute Gasteiger partial charge is 0.340 e. The van der Waals surface area contributed by atoms with Gasteiger partial charge in [-0.05, 0) is 24.6 Å². The van der Waals surface area contributed by atoms with Gasteiger partial charge in [0.05, 0.1) is 13.7 Å². The van der Waals surface area contributed by atoms with Gasteiger partial charge in [0.15, 0.2) is 0 Å². The van der Waals surface area contributed by atoms with Crippen molar-refractivity contribution in [1.82, 2.24) is 0 Å². The molecule has 0 aliphatic rings. The standard InChI is InChI=1S/C12H13N3O3/c1-3-18-11-7-5-4-6-9(11)8-10(14-15-13)12(16)17-2/h4-8H,3H2,1-2H3/b10-8-. The maximum atomic E-state index is 11.4. The van der Waals surface area contributed by atoms with Crippen LogP contribution < -0.4 is 4.74 Å². The average Bonchev–Trinajstić information content (AvgIpc) is 2.39. The average molecular weight is 247 g/mol. The summed E-state index contributed by atoms with van der Waals surface area (Å²) in [7, 11) is 1.22. The largest absolute Gasteiger partial charge is 0.493 e. The van der Waals surface area contributed by atoms with E-state index in [1.807, 2.05) is 13.0 Å². The van der Waals surface area contributed by atoms with E-state index in [1.165, 1.54) is 13.2 Å². The second-order valence-electron chi connectivity index (χ2n) is 3.18. The highest BCUT2D eigenvalue weighted by Crippen LogP contribution is 2.21. The molecule has 0 aliphatic heterocycles. The molecule has 6 nitrogen and oxygen atoms in total. The SMILES string of the molecule is CCOc1ccccc1/C=C(\N=[N+]=[N-])C(=O)OC. The summed E-state index contributed by atoms with van der Waals surface area (Å²) in [6.07, 6.45) is 1.43. The van der Waals surface area contributed by atoms with Crippen molar-refractivity contribution in [2.45, 2.75) is 6.92 Å². The Morgan fingerprint density at radius 3 is 2.83 bits per heavy atom. The summed E-state index contributed by atoms with van der Waals surface area (Å²) in [4.78, 5) is 14.0. The van der Waals surface area contributed by atoms with Crippen molar-refractivity contribution < 1.29 is 14.3 Å². The molecule has 0 fully saturated rings. The summed E-state index contributed by atoms with van der Waals surface area (Å²) < 4.78 is 9.92. The fraction of sp³-hybridized carbons (Fsp3) is 0.250. The van der Waals surface area contributed by atoms with Crippen LogP contribution in [0, 0.1) is 0 Å². The van der Waals surface area contributed by atoms with Crippen LogP contribution in [-0.2, 0) is 9.53 Å². The van der Waals surface area contributed by atoms with Crippen molar-refractivity contribution in [2.24, 2.45) is 5.11 Å². The number of hydrogen-bond donors (Lipinski definition) is 0. The van der Waals surface area contributed by atoms with Gasteiger partial charge in [-0.15, -0.1) is 0 Å². The lowest BCUT2D eigenvalue weighted by Gasteiger charge is -2.07. The first-order valence-corrected chi connectivity index (χ1v) is 5.29. The number of rotatable bonds is 5. The number of ether oxygens (including phenoxy) is 2. The van der Waals surface area contributed by atoms with Gasteiger partial charge < -0.3 is 9.47 Å². The molecular weight excluding hydrogens is 234 g/mol. The lowest BCUT2D eigenvalue weighted by atomic mass is 10.1. The van der Waals surface area contributed by atoms with Gasteiger partial charge in [0, 0.05) is 10.5 Å². The maximum Gasteiger partial charge on any atom is 0.340 e. The Kier molecular flexibility index (Phi) is 5.28. The molecule has 94 valence electrons. The van der Waals surface area contributed by atoms with Crippen LogP contribution in [0.2, 0.25) is 0 Å². The zero-order valence-electron chi connectivity index (χ0n) is 10.2. The van der Waals surface area contributed by atoms with E-state index in [0.29, 0.717) is 17.9 Å². The van der Waals surface area contributed by atoms with Crippen molar-refractivity contribution in [3.63, 3.8) is 0 Å². The van der Waals surface area contributed by atoms with Crippen LogP contribution in [0.5, 0.6) is 5.75 Å². The zero-order valence-corrected chi connectivity index (χ0v) is 10.2. The molecule has 0 saturated carbocycles. The van der Waals surface area contributed by atoms with Crippen molar-refractivity contribution in [3.8, 4) is 5.75 Å². The molecule has 0 aromatic heterocycles. The molecule has 0 unspecified atom stereocenters. The van der Waals surface area contributed by atoms with E-state index in [9.17, 15) is 4.79 Å². The number of benzene rings is 1. The molecule has 0 atom stereocenters. The highest BCUT2D eigenvalue weighted by Gasteiger charge is 2.09. The van der Waals surface area contributed by atoms with E-state index < -0.39 is 5.97 Å². The highest BCUT2D eigenvalue weighted by molar-refractivity contribution is 5.93. The third-order valence-electron chi connectivity index (χ3n) is 2.06. The molecular formula is C12H13N3O3. The number of nitrogens with zero attached hydrogens (tertiary/aromatic N) is 3. The number of esters is 1. The van der Waals surface area contributed by atoms with Crippen molar-refractivity contribution in [2.75, 3.05) is 13.7 Å². The van der Waals surface area contributed by atoms with E-state index >= 15 is 0 Å². The lowest BCUT2D eigenvalue weighted by molar-refractivity contribution is -0.136. The first kappa shape index (κ1) is 13.6. The molecule has 0 spiro atoms. The Morgan fingerprint density at radius 1 is 1.50 bits per heavy atom. The number of hydrogen-bond acceptors (Lipinski definition) is 4. The molecule has 0 aliphatic carbocycles. The van der Waals surface area contributed by atoms with Crippen LogP contribution in [-0.4, -0.2) is 19.7 Å². The summed E-state index contributed by atoms with van der Waals surface area (Å²) in [5.74, 6) is -0.0892. The van der Waals surface area contributed by atoms with E-state index in [4.69, 9.17) is 10.3 Å². The predicted molar refractivity (Wildman–Crippen MR) is 66.8 cm³/mol. The van der Waals surface area contributed by atoms with Gasteiger partial charge in [-0.2, -0.15) is 0 Å². The van der Waals surface area contributed by atoms with E-state index in [1.54, 1.807) is 18.2 Å². The van der Waals surface area contributed by atoms with Crippen LogP contribution in [0.4, 0.5) is 0 Å². The highest BCUT2D eigenvalue weighted by atomic mass is 16.5. The normalized spacial score (nSPS) is 10.4. The molecule has 1 aromatic rings. The molecule has 18 heavy (non-hydrogen) atoms. The molecule has 1 rings (SSSR count). The Hall–Kier alpha value is -2.46. The summed E-state index contributed by atoms with van der Waals surface area (Å²) in [6.45, 7) is 2.36. The quantitative estimate of drug-likeness (QED) is 0.263. The topological polar surface area (TPSA) is 84.3 Å². The van der Waals surface area contributed by atoms with Crippen LogP contribution >= 0.6 is 0 Å². The van der Waals surface area contributed by atoms with Gasteiger partial charge in [0.25, 0.3) is 0 Å². The van der Waals surface area contributed by atoms with E-state index in [2.05, 4.69) is 14.8 Å². The molecule has 1 aromatic carbocycles. The van der Waals surface area contributed by atoms with Crippen molar-refractivity contribution in [3.05, 3.63) is 46.0 Å². The molecule has 0 heterocycles. The maximum absolute atomic E-state index is 11.4. The fourth-order valence-corrected chi connectivity index (χ4v) is 1.32. The first-order valence-electron chi connectivity index (χ1n) is 5.29. The van der Waals surface area contributed by atoms with Gasteiger partial charge in [0.2, 0.25) is 0 Å². The van der Waals surface area contributed by atoms with Gasteiger partial charge >= 0.3 is 5.97 Å². The van der Waals surface area contributed by atoms with Crippen LogP contribution in [0.3, 0.4) is 0 Å². The molecule has 0 N–H and O–H groups in total. The van der Waals surface area contributed by atoms with Gasteiger partial charge in [-0.3, -0.25) is 0 Å². The number of carbonyl (C=O) groups is 1. The molecule has 0 radical (unpaired) electrons. The number of methoxy groups -OCH3 is 1. The zero-order chi connectivity index (χ0) is 13.4. The van der Waals surface area contributed by atoms with Gasteiger partial charge in [0.1, 0.15) is 11.4 Å². The monoisotopic (exact) mass is 247 g/mol. The second-order valence-corrected chi connectivity index (χ2v) is 3.18. The Morgan fingerprint density at radius 2 is 2.22 bits per heavy atom. The van der Waals surface area contributed by atoms with Crippen LogP contribution in [0.1, 0.15) is 12.5 Å². The van der Waals surface area contributed by atoms with Gasteiger partial charge in [-0.25, -0.2) is 4.79 Å².